The Hall–Kier alpha value is -0.980. The maximum absolute atomic E-state index is 9.25. The van der Waals surface area contributed by atoms with Gasteiger partial charge in [-0.1, -0.05) is 11.6 Å². The molecule has 1 aromatic heterocycles. The standard InChI is InChI=1S/C9H10B2ClNO4/c1-13-8-3-5(12)2-7(10(14)15)6(8)4-9(13)11(16)17/h2-4,14-17H,1H3. The van der Waals surface area contributed by atoms with Crippen molar-refractivity contribution < 1.29 is 20.1 Å². The van der Waals surface area contributed by atoms with E-state index in [0.717, 1.165) is 0 Å². The summed E-state index contributed by atoms with van der Waals surface area (Å²) in [5.41, 5.74) is 1.09. The lowest BCUT2D eigenvalue weighted by molar-refractivity contribution is 0.422. The molecule has 0 bridgehead atoms. The van der Waals surface area contributed by atoms with Crippen LogP contribution in [0.15, 0.2) is 18.2 Å². The average molecular weight is 253 g/mol. The number of hydrogen-bond donors (Lipinski definition) is 4. The van der Waals surface area contributed by atoms with Crippen LogP contribution in [0.3, 0.4) is 0 Å². The highest BCUT2D eigenvalue weighted by Gasteiger charge is 2.22. The Kier molecular flexibility index (Phi) is 3.20. The molecule has 0 fully saturated rings. The summed E-state index contributed by atoms with van der Waals surface area (Å²) in [4.78, 5) is 0. The van der Waals surface area contributed by atoms with Crippen molar-refractivity contribution in [3.05, 3.63) is 23.2 Å². The fraction of sp³-hybridized carbons (Fsp3) is 0.111. The van der Waals surface area contributed by atoms with Crippen molar-refractivity contribution in [2.75, 3.05) is 0 Å². The van der Waals surface area contributed by atoms with Crippen LogP contribution in [-0.4, -0.2) is 38.9 Å². The van der Waals surface area contributed by atoms with Crippen molar-refractivity contribution in [1.82, 2.24) is 4.57 Å². The van der Waals surface area contributed by atoms with Crippen LogP contribution in [0.1, 0.15) is 0 Å². The van der Waals surface area contributed by atoms with Crippen molar-refractivity contribution >= 4 is 47.8 Å². The van der Waals surface area contributed by atoms with E-state index < -0.39 is 14.2 Å². The van der Waals surface area contributed by atoms with E-state index in [1.54, 1.807) is 13.1 Å². The minimum Gasteiger partial charge on any atom is -0.423 e. The monoisotopic (exact) mass is 253 g/mol. The Labute approximate surface area is 103 Å². The second-order valence-electron chi connectivity index (χ2n) is 3.80. The SMILES string of the molecule is Cn1c(B(O)O)cc2c(B(O)O)cc(Cl)cc21. The Morgan fingerprint density at radius 1 is 1.06 bits per heavy atom. The summed E-state index contributed by atoms with van der Waals surface area (Å²) in [6, 6.07) is 4.54. The second-order valence-corrected chi connectivity index (χ2v) is 4.24. The van der Waals surface area contributed by atoms with E-state index in [0.29, 0.717) is 15.9 Å². The first-order valence-electron chi connectivity index (χ1n) is 4.93. The van der Waals surface area contributed by atoms with Crippen molar-refractivity contribution in [2.24, 2.45) is 7.05 Å². The number of rotatable bonds is 2. The average Bonchev–Trinajstić information content (AvgIpc) is 2.55. The summed E-state index contributed by atoms with van der Waals surface area (Å²) < 4.78 is 1.54. The first kappa shape index (κ1) is 12.5. The quantitative estimate of drug-likeness (QED) is 0.475. The van der Waals surface area contributed by atoms with Gasteiger partial charge in [0.15, 0.2) is 0 Å². The Bertz CT molecular complexity index is 570. The molecule has 88 valence electrons. The predicted molar refractivity (Wildman–Crippen MR) is 67.6 cm³/mol. The third kappa shape index (κ3) is 2.08. The third-order valence-corrected chi connectivity index (χ3v) is 2.96. The number of hydrogen-bond acceptors (Lipinski definition) is 4. The number of nitrogens with zero attached hydrogens (tertiary/aromatic N) is 1. The zero-order valence-corrected chi connectivity index (χ0v) is 9.76. The predicted octanol–water partition coefficient (Wildman–Crippen LogP) is -1.81. The van der Waals surface area contributed by atoms with Crippen LogP contribution in [0.5, 0.6) is 0 Å². The van der Waals surface area contributed by atoms with E-state index in [2.05, 4.69) is 0 Å². The lowest BCUT2D eigenvalue weighted by Gasteiger charge is -2.05. The highest BCUT2D eigenvalue weighted by atomic mass is 35.5. The molecule has 2 aromatic rings. The molecule has 0 atom stereocenters. The van der Waals surface area contributed by atoms with Gasteiger partial charge in [0, 0.05) is 23.2 Å². The molecule has 1 aromatic carbocycles. The van der Waals surface area contributed by atoms with Crippen LogP contribution < -0.4 is 11.1 Å². The Morgan fingerprint density at radius 3 is 2.24 bits per heavy atom. The summed E-state index contributed by atoms with van der Waals surface area (Å²) in [5, 5.41) is 37.7. The number of aromatic nitrogens is 1. The summed E-state index contributed by atoms with van der Waals surface area (Å²) >= 11 is 5.87. The van der Waals surface area contributed by atoms with Gasteiger partial charge in [-0.15, -0.1) is 0 Å². The number of fused-ring (bicyclic) bond motifs is 1. The molecule has 8 heteroatoms. The molecule has 0 saturated carbocycles. The minimum atomic E-state index is -1.66. The Morgan fingerprint density at radius 2 is 1.71 bits per heavy atom. The molecular weight excluding hydrogens is 243 g/mol. The summed E-state index contributed by atoms with van der Waals surface area (Å²) in [6.07, 6.45) is 0. The zero-order valence-electron chi connectivity index (χ0n) is 9.00. The Balaban J connectivity index is 2.81. The van der Waals surface area contributed by atoms with Gasteiger partial charge in [0.2, 0.25) is 0 Å². The van der Waals surface area contributed by atoms with E-state index in [-0.39, 0.29) is 11.1 Å². The molecule has 0 aliphatic rings. The molecule has 0 spiro atoms. The molecule has 2 rings (SSSR count). The highest BCUT2D eigenvalue weighted by Crippen LogP contribution is 2.17. The zero-order chi connectivity index (χ0) is 12.7. The molecule has 17 heavy (non-hydrogen) atoms. The second kappa shape index (κ2) is 4.36. The smallest absolute Gasteiger partial charge is 0.423 e. The maximum atomic E-state index is 9.25. The van der Waals surface area contributed by atoms with E-state index in [4.69, 9.17) is 11.6 Å². The van der Waals surface area contributed by atoms with Gasteiger partial charge < -0.3 is 24.7 Å². The molecule has 0 aliphatic carbocycles. The van der Waals surface area contributed by atoms with E-state index in [9.17, 15) is 20.1 Å². The van der Waals surface area contributed by atoms with E-state index in [1.165, 1.54) is 16.7 Å². The van der Waals surface area contributed by atoms with Gasteiger partial charge in [-0.3, -0.25) is 0 Å². The lowest BCUT2D eigenvalue weighted by Crippen LogP contribution is -2.34. The normalized spacial score (nSPS) is 10.9. The topological polar surface area (TPSA) is 85.9 Å². The maximum Gasteiger partial charge on any atom is 0.505 e. The van der Waals surface area contributed by atoms with Gasteiger partial charge in [-0.05, 0) is 29.0 Å². The van der Waals surface area contributed by atoms with E-state index >= 15 is 0 Å². The third-order valence-electron chi connectivity index (χ3n) is 2.74. The van der Waals surface area contributed by atoms with Gasteiger partial charge in [0.05, 0.1) is 0 Å². The van der Waals surface area contributed by atoms with Gasteiger partial charge in [-0.25, -0.2) is 0 Å². The molecule has 0 unspecified atom stereocenters. The molecule has 0 aliphatic heterocycles. The summed E-state index contributed by atoms with van der Waals surface area (Å²) in [5.74, 6) is 0. The lowest BCUT2D eigenvalue weighted by atomic mass is 9.77. The van der Waals surface area contributed by atoms with Crippen molar-refractivity contribution in [3.63, 3.8) is 0 Å². The highest BCUT2D eigenvalue weighted by molar-refractivity contribution is 6.63. The molecule has 1 heterocycles. The summed E-state index contributed by atoms with van der Waals surface area (Å²) in [6.45, 7) is 0. The molecule has 0 saturated heterocycles. The van der Waals surface area contributed by atoms with E-state index in [1.807, 2.05) is 0 Å². The van der Waals surface area contributed by atoms with Crippen LogP contribution in [0.25, 0.3) is 10.9 Å². The van der Waals surface area contributed by atoms with Crippen LogP contribution in [0.4, 0.5) is 0 Å². The van der Waals surface area contributed by atoms with Crippen LogP contribution in [0, 0.1) is 0 Å². The van der Waals surface area contributed by atoms with Crippen LogP contribution in [-0.2, 0) is 7.05 Å². The molecule has 4 N–H and O–H groups in total. The summed E-state index contributed by atoms with van der Waals surface area (Å²) in [7, 11) is -1.65. The first-order chi connectivity index (χ1) is 7.91. The molecule has 0 amide bonds. The molecular formula is C9H10B2ClNO4. The van der Waals surface area contributed by atoms with Crippen molar-refractivity contribution in [2.45, 2.75) is 0 Å². The minimum absolute atomic E-state index is 0.231. The fourth-order valence-corrected chi connectivity index (χ4v) is 2.13. The van der Waals surface area contributed by atoms with Crippen molar-refractivity contribution in [3.8, 4) is 0 Å². The first-order valence-corrected chi connectivity index (χ1v) is 5.30. The van der Waals surface area contributed by atoms with Crippen LogP contribution >= 0.6 is 11.6 Å². The van der Waals surface area contributed by atoms with Crippen LogP contribution in [0.2, 0.25) is 5.02 Å². The number of benzene rings is 1. The van der Waals surface area contributed by atoms with Gasteiger partial charge in [0.1, 0.15) is 0 Å². The number of aryl methyl sites for hydroxylation is 1. The van der Waals surface area contributed by atoms with Gasteiger partial charge >= 0.3 is 14.2 Å². The molecule has 5 nitrogen and oxygen atoms in total. The molecule has 0 radical (unpaired) electrons. The number of halogens is 1. The van der Waals surface area contributed by atoms with Gasteiger partial charge in [0.25, 0.3) is 0 Å². The fourth-order valence-electron chi connectivity index (χ4n) is 1.90. The van der Waals surface area contributed by atoms with Gasteiger partial charge in [-0.2, -0.15) is 0 Å². The largest absolute Gasteiger partial charge is 0.505 e. The van der Waals surface area contributed by atoms with Crippen molar-refractivity contribution in [1.29, 1.82) is 0 Å².